The number of hydrogen-bond donors (Lipinski definition) is 2. The van der Waals surface area contributed by atoms with Crippen molar-refractivity contribution in [3.8, 4) is 0 Å². The van der Waals surface area contributed by atoms with Crippen molar-refractivity contribution in [3.05, 3.63) is 20.8 Å². The Morgan fingerprint density at radius 3 is 2.36 bits per heavy atom. The third kappa shape index (κ3) is 3.99. The molecule has 0 fully saturated rings. The molecule has 1 aromatic rings. The third-order valence-electron chi connectivity index (χ3n) is 3.58. The molecule has 0 spiro atoms. The number of unbranched alkanes of at least 4 members (excludes halogenated alkanes) is 2. The Morgan fingerprint density at radius 1 is 1.18 bits per heavy atom. The summed E-state index contributed by atoms with van der Waals surface area (Å²) < 4.78 is 1.33. The molecule has 0 saturated heterocycles. The van der Waals surface area contributed by atoms with Gasteiger partial charge >= 0.3 is 5.69 Å². The Labute approximate surface area is 130 Å². The van der Waals surface area contributed by atoms with Gasteiger partial charge in [-0.05, 0) is 19.8 Å². The smallest absolute Gasteiger partial charge is 0.330 e. The summed E-state index contributed by atoms with van der Waals surface area (Å²) in [6, 6.07) is 0. The van der Waals surface area contributed by atoms with Gasteiger partial charge in [-0.1, -0.05) is 26.7 Å². The minimum absolute atomic E-state index is 0.0638. The van der Waals surface area contributed by atoms with E-state index in [2.05, 4.69) is 4.98 Å². The zero-order valence-corrected chi connectivity index (χ0v) is 13.6. The lowest BCUT2D eigenvalue weighted by molar-refractivity contribution is -0.118. The van der Waals surface area contributed by atoms with E-state index in [0.29, 0.717) is 19.5 Å². The standard InChI is InChI=1S/C15H26N4O3/c1-4-7-9-11(20)18(6-3)12-13(16)19(10-8-5-2)15(22)17-14(12)21/h4-10,16H2,1-3H3,(H,17,21,22). The highest BCUT2D eigenvalue weighted by Crippen LogP contribution is 2.18. The van der Waals surface area contributed by atoms with E-state index in [9.17, 15) is 14.4 Å². The molecule has 7 nitrogen and oxygen atoms in total. The van der Waals surface area contributed by atoms with Crippen molar-refractivity contribution >= 4 is 17.4 Å². The summed E-state index contributed by atoms with van der Waals surface area (Å²) in [5, 5.41) is 0. The van der Waals surface area contributed by atoms with Crippen LogP contribution in [0.3, 0.4) is 0 Å². The maximum absolute atomic E-state index is 12.3. The zero-order chi connectivity index (χ0) is 16.7. The summed E-state index contributed by atoms with van der Waals surface area (Å²) in [5.41, 5.74) is 4.96. The van der Waals surface area contributed by atoms with E-state index >= 15 is 0 Å². The van der Waals surface area contributed by atoms with Crippen molar-refractivity contribution in [2.75, 3.05) is 17.2 Å². The monoisotopic (exact) mass is 310 g/mol. The molecule has 0 saturated carbocycles. The summed E-state index contributed by atoms with van der Waals surface area (Å²) in [6.07, 6.45) is 3.67. The van der Waals surface area contributed by atoms with Crippen molar-refractivity contribution in [2.45, 2.75) is 59.4 Å². The Morgan fingerprint density at radius 2 is 1.82 bits per heavy atom. The first kappa shape index (κ1) is 18.0. The minimum Gasteiger partial charge on any atom is -0.383 e. The van der Waals surface area contributed by atoms with Crippen molar-refractivity contribution < 1.29 is 4.79 Å². The Kier molecular flexibility index (Phi) is 6.88. The molecule has 3 N–H and O–H groups in total. The van der Waals surface area contributed by atoms with Crippen LogP contribution in [-0.2, 0) is 11.3 Å². The Hall–Kier alpha value is -2.05. The number of carbonyl (C=O) groups is 1. The van der Waals surface area contributed by atoms with Gasteiger partial charge < -0.3 is 10.6 Å². The fourth-order valence-corrected chi connectivity index (χ4v) is 2.30. The number of nitrogens with zero attached hydrogens (tertiary/aromatic N) is 2. The van der Waals surface area contributed by atoms with Gasteiger partial charge in [0, 0.05) is 19.5 Å². The molecule has 0 aliphatic heterocycles. The second-order valence-electron chi connectivity index (χ2n) is 5.24. The molecule has 0 unspecified atom stereocenters. The highest BCUT2D eigenvalue weighted by Gasteiger charge is 2.22. The number of amides is 1. The minimum atomic E-state index is -0.609. The van der Waals surface area contributed by atoms with Gasteiger partial charge in [0.2, 0.25) is 5.91 Å². The average molecular weight is 310 g/mol. The average Bonchev–Trinajstić information content (AvgIpc) is 2.48. The molecule has 0 bridgehead atoms. The third-order valence-corrected chi connectivity index (χ3v) is 3.58. The van der Waals surface area contributed by atoms with Crippen LogP contribution >= 0.6 is 0 Å². The first-order valence-corrected chi connectivity index (χ1v) is 7.90. The van der Waals surface area contributed by atoms with E-state index in [4.69, 9.17) is 5.73 Å². The molecule has 124 valence electrons. The molecule has 1 amide bonds. The van der Waals surface area contributed by atoms with E-state index in [1.165, 1.54) is 9.47 Å². The number of nitrogen functional groups attached to an aromatic ring is 1. The largest absolute Gasteiger partial charge is 0.383 e. The molecule has 1 heterocycles. The van der Waals surface area contributed by atoms with E-state index in [1.54, 1.807) is 6.92 Å². The van der Waals surface area contributed by atoms with Gasteiger partial charge in [-0.25, -0.2) is 4.79 Å². The molecule has 1 aromatic heterocycles. The fraction of sp³-hybridized carbons (Fsp3) is 0.667. The molecule has 0 atom stereocenters. The van der Waals surface area contributed by atoms with E-state index in [1.807, 2.05) is 13.8 Å². The lowest BCUT2D eigenvalue weighted by Crippen LogP contribution is -2.41. The van der Waals surface area contributed by atoms with Crippen molar-refractivity contribution in [2.24, 2.45) is 0 Å². The van der Waals surface area contributed by atoms with Crippen LogP contribution in [-0.4, -0.2) is 22.0 Å². The number of H-pyrrole nitrogens is 1. The lowest BCUT2D eigenvalue weighted by atomic mass is 10.2. The molecular formula is C15H26N4O3. The van der Waals surface area contributed by atoms with Crippen molar-refractivity contribution in [3.63, 3.8) is 0 Å². The number of nitrogens with two attached hydrogens (primary N) is 1. The van der Waals surface area contributed by atoms with Crippen molar-refractivity contribution in [1.29, 1.82) is 0 Å². The Balaban J connectivity index is 3.29. The van der Waals surface area contributed by atoms with Gasteiger partial charge in [-0.2, -0.15) is 0 Å². The van der Waals surface area contributed by atoms with Gasteiger partial charge in [0.15, 0.2) is 5.69 Å². The van der Waals surface area contributed by atoms with Gasteiger partial charge in [0.1, 0.15) is 5.82 Å². The van der Waals surface area contributed by atoms with Gasteiger partial charge in [0.05, 0.1) is 0 Å². The number of nitrogens with one attached hydrogen (secondary N) is 1. The first-order valence-electron chi connectivity index (χ1n) is 7.90. The molecule has 7 heteroatoms. The predicted octanol–water partition coefficient (Wildman–Crippen LogP) is 1.46. The van der Waals surface area contributed by atoms with Gasteiger partial charge in [-0.3, -0.25) is 19.1 Å². The molecule has 22 heavy (non-hydrogen) atoms. The summed E-state index contributed by atoms with van der Waals surface area (Å²) in [6.45, 7) is 6.54. The number of carbonyl (C=O) groups excluding carboxylic acids is 1. The van der Waals surface area contributed by atoms with Crippen LogP contribution in [0.4, 0.5) is 11.5 Å². The molecular weight excluding hydrogens is 284 g/mol. The fourth-order valence-electron chi connectivity index (χ4n) is 2.30. The molecule has 0 radical (unpaired) electrons. The highest BCUT2D eigenvalue weighted by atomic mass is 16.2. The molecule has 0 aliphatic rings. The SMILES string of the molecule is CCCCC(=O)N(CC)c1c(N)n(CCCC)c(=O)[nH]c1=O. The Bertz CT molecular complexity index is 618. The summed E-state index contributed by atoms with van der Waals surface area (Å²) in [5.74, 6) is -0.0869. The predicted molar refractivity (Wildman–Crippen MR) is 88.2 cm³/mol. The topological polar surface area (TPSA) is 101 Å². The maximum atomic E-state index is 12.3. The van der Waals surface area contributed by atoms with E-state index in [0.717, 1.165) is 25.7 Å². The summed E-state index contributed by atoms with van der Waals surface area (Å²) in [4.78, 5) is 39.9. The highest BCUT2D eigenvalue weighted by molar-refractivity contribution is 5.95. The van der Waals surface area contributed by atoms with Crippen LogP contribution in [0.1, 0.15) is 52.9 Å². The van der Waals surface area contributed by atoms with Crippen LogP contribution in [0, 0.1) is 0 Å². The number of aromatic amines is 1. The molecule has 1 rings (SSSR count). The zero-order valence-electron chi connectivity index (χ0n) is 13.6. The lowest BCUT2D eigenvalue weighted by Gasteiger charge is -2.23. The maximum Gasteiger partial charge on any atom is 0.330 e. The number of aromatic nitrogens is 2. The van der Waals surface area contributed by atoms with E-state index < -0.39 is 11.2 Å². The van der Waals surface area contributed by atoms with Crippen LogP contribution in [0.15, 0.2) is 9.59 Å². The quantitative estimate of drug-likeness (QED) is 0.759. The van der Waals surface area contributed by atoms with Gasteiger partial charge in [-0.15, -0.1) is 0 Å². The molecule has 0 aromatic carbocycles. The first-order chi connectivity index (χ1) is 10.5. The van der Waals surface area contributed by atoms with E-state index in [-0.39, 0.29) is 17.4 Å². The number of hydrogen-bond acceptors (Lipinski definition) is 4. The molecule has 0 aliphatic carbocycles. The summed E-state index contributed by atoms with van der Waals surface area (Å²) >= 11 is 0. The van der Waals surface area contributed by atoms with Crippen molar-refractivity contribution in [1.82, 2.24) is 9.55 Å². The number of anilines is 2. The second-order valence-corrected chi connectivity index (χ2v) is 5.24. The van der Waals surface area contributed by atoms with Crippen LogP contribution in [0.2, 0.25) is 0 Å². The van der Waals surface area contributed by atoms with Crippen LogP contribution in [0.25, 0.3) is 0 Å². The van der Waals surface area contributed by atoms with Crippen LogP contribution < -0.4 is 21.9 Å². The second kappa shape index (κ2) is 8.41. The normalized spacial score (nSPS) is 10.7. The number of rotatable bonds is 8. The summed E-state index contributed by atoms with van der Waals surface area (Å²) in [7, 11) is 0. The van der Waals surface area contributed by atoms with Crippen LogP contribution in [0.5, 0.6) is 0 Å². The van der Waals surface area contributed by atoms with Gasteiger partial charge in [0.25, 0.3) is 5.56 Å².